The summed E-state index contributed by atoms with van der Waals surface area (Å²) in [5.41, 5.74) is 2.24. The first-order chi connectivity index (χ1) is 9.56. The van der Waals surface area contributed by atoms with Crippen molar-refractivity contribution in [3.63, 3.8) is 0 Å². The van der Waals surface area contributed by atoms with E-state index in [2.05, 4.69) is 15.4 Å². The smallest absolute Gasteiger partial charge is 0.333 e. The van der Waals surface area contributed by atoms with Crippen molar-refractivity contribution >= 4 is 23.3 Å². The zero-order valence-electron chi connectivity index (χ0n) is 12.0. The number of rotatable bonds is 6. The maximum atomic E-state index is 11.4. The molecule has 5 nitrogen and oxygen atoms in total. The highest BCUT2D eigenvalue weighted by atomic mass is 16.5. The standard InChI is InChI=1S/C15H20N2O3/c1-4-12(15(19)20-3)8-9-16-13-6-5-7-14(10-13)17-11(2)18/h5-8,10,16H,4,9H2,1-3H3,(H,17,18)/b12-8-. The Labute approximate surface area is 119 Å². The molecule has 108 valence electrons. The van der Waals surface area contributed by atoms with Crippen LogP contribution in [-0.4, -0.2) is 25.5 Å². The van der Waals surface area contributed by atoms with Crippen LogP contribution in [0.15, 0.2) is 35.9 Å². The van der Waals surface area contributed by atoms with Crippen molar-refractivity contribution in [2.24, 2.45) is 0 Å². The molecule has 0 aliphatic carbocycles. The lowest BCUT2D eigenvalue weighted by atomic mass is 10.2. The number of hydrogen-bond acceptors (Lipinski definition) is 4. The lowest BCUT2D eigenvalue weighted by molar-refractivity contribution is -0.136. The molecule has 0 radical (unpaired) electrons. The van der Waals surface area contributed by atoms with Crippen LogP contribution in [-0.2, 0) is 14.3 Å². The van der Waals surface area contributed by atoms with Gasteiger partial charge in [-0.15, -0.1) is 0 Å². The van der Waals surface area contributed by atoms with Gasteiger partial charge in [0.1, 0.15) is 0 Å². The average molecular weight is 276 g/mol. The first-order valence-electron chi connectivity index (χ1n) is 6.45. The average Bonchev–Trinajstić information content (AvgIpc) is 2.42. The van der Waals surface area contributed by atoms with Crippen LogP contribution in [0, 0.1) is 0 Å². The molecule has 0 aliphatic heterocycles. The highest BCUT2D eigenvalue weighted by molar-refractivity contribution is 5.89. The molecule has 5 heteroatoms. The second kappa shape index (κ2) is 7.99. The molecule has 0 saturated carbocycles. The number of hydrogen-bond donors (Lipinski definition) is 2. The van der Waals surface area contributed by atoms with Gasteiger partial charge in [-0.05, 0) is 24.6 Å². The Kier molecular flexibility index (Phi) is 6.29. The number of esters is 1. The van der Waals surface area contributed by atoms with E-state index in [9.17, 15) is 9.59 Å². The minimum atomic E-state index is -0.304. The van der Waals surface area contributed by atoms with Crippen LogP contribution >= 0.6 is 0 Å². The maximum absolute atomic E-state index is 11.4. The third-order valence-electron chi connectivity index (χ3n) is 2.67. The molecule has 0 heterocycles. The van der Waals surface area contributed by atoms with Gasteiger partial charge in [0.05, 0.1) is 7.11 Å². The Hall–Kier alpha value is -2.30. The predicted octanol–water partition coefficient (Wildman–Crippen LogP) is 2.57. The van der Waals surface area contributed by atoms with Gasteiger partial charge in [-0.2, -0.15) is 0 Å². The SMILES string of the molecule is CC/C(=C/CNc1cccc(NC(C)=O)c1)C(=O)OC. The van der Waals surface area contributed by atoms with E-state index in [0.717, 1.165) is 11.4 Å². The summed E-state index contributed by atoms with van der Waals surface area (Å²) >= 11 is 0. The summed E-state index contributed by atoms with van der Waals surface area (Å²) < 4.78 is 4.69. The molecule has 20 heavy (non-hydrogen) atoms. The van der Waals surface area contributed by atoms with E-state index >= 15 is 0 Å². The van der Waals surface area contributed by atoms with E-state index in [-0.39, 0.29) is 11.9 Å². The Bertz CT molecular complexity index is 510. The van der Waals surface area contributed by atoms with Crippen LogP contribution in [0.25, 0.3) is 0 Å². The monoisotopic (exact) mass is 276 g/mol. The quantitative estimate of drug-likeness (QED) is 0.619. The molecule has 0 aliphatic rings. The number of methoxy groups -OCH3 is 1. The summed E-state index contributed by atoms with van der Waals surface area (Å²) in [6.07, 6.45) is 2.43. The first kappa shape index (κ1) is 15.8. The van der Waals surface area contributed by atoms with E-state index in [1.165, 1.54) is 14.0 Å². The number of anilines is 2. The van der Waals surface area contributed by atoms with Crippen molar-refractivity contribution in [2.45, 2.75) is 20.3 Å². The Balaban J connectivity index is 2.63. The third-order valence-corrected chi connectivity index (χ3v) is 2.67. The summed E-state index contributed by atoms with van der Waals surface area (Å²) in [4.78, 5) is 22.4. The number of carbonyl (C=O) groups is 2. The highest BCUT2D eigenvalue weighted by Gasteiger charge is 2.05. The lowest BCUT2D eigenvalue weighted by Crippen LogP contribution is -2.08. The Morgan fingerprint density at radius 1 is 1.30 bits per heavy atom. The Morgan fingerprint density at radius 2 is 2.00 bits per heavy atom. The van der Waals surface area contributed by atoms with E-state index in [1.54, 1.807) is 6.08 Å². The normalized spacial score (nSPS) is 10.8. The molecule has 0 spiro atoms. The minimum Gasteiger partial charge on any atom is -0.466 e. The van der Waals surface area contributed by atoms with Gasteiger partial charge in [-0.25, -0.2) is 4.79 Å². The fraction of sp³-hybridized carbons (Fsp3) is 0.333. The first-order valence-corrected chi connectivity index (χ1v) is 6.45. The molecular weight excluding hydrogens is 256 g/mol. The predicted molar refractivity (Wildman–Crippen MR) is 79.6 cm³/mol. The van der Waals surface area contributed by atoms with Gasteiger partial charge in [0.25, 0.3) is 0 Å². The fourth-order valence-electron chi connectivity index (χ4n) is 1.71. The summed E-state index contributed by atoms with van der Waals surface area (Å²) in [6.45, 7) is 3.88. The van der Waals surface area contributed by atoms with Gasteiger partial charge in [0.2, 0.25) is 5.91 Å². The van der Waals surface area contributed by atoms with Crippen molar-refractivity contribution in [3.05, 3.63) is 35.9 Å². The maximum Gasteiger partial charge on any atom is 0.333 e. The topological polar surface area (TPSA) is 67.4 Å². The molecule has 1 amide bonds. The van der Waals surface area contributed by atoms with Gasteiger partial charge >= 0.3 is 5.97 Å². The van der Waals surface area contributed by atoms with Crippen LogP contribution < -0.4 is 10.6 Å². The van der Waals surface area contributed by atoms with Crippen molar-refractivity contribution in [1.29, 1.82) is 0 Å². The summed E-state index contributed by atoms with van der Waals surface area (Å²) in [5.74, 6) is -0.415. The molecule has 1 aromatic carbocycles. The molecule has 1 aromatic rings. The summed E-state index contributed by atoms with van der Waals surface area (Å²) in [7, 11) is 1.37. The second-order valence-electron chi connectivity index (χ2n) is 4.22. The number of amides is 1. The number of carbonyl (C=O) groups excluding carboxylic acids is 2. The minimum absolute atomic E-state index is 0.110. The van der Waals surface area contributed by atoms with Crippen LogP contribution in [0.5, 0.6) is 0 Å². The zero-order valence-corrected chi connectivity index (χ0v) is 12.0. The van der Waals surface area contributed by atoms with Crippen molar-refractivity contribution in [3.8, 4) is 0 Å². The van der Waals surface area contributed by atoms with E-state index in [4.69, 9.17) is 0 Å². The van der Waals surface area contributed by atoms with Gasteiger partial charge in [-0.1, -0.05) is 19.1 Å². The zero-order chi connectivity index (χ0) is 15.0. The van der Waals surface area contributed by atoms with Crippen LogP contribution in [0.3, 0.4) is 0 Å². The van der Waals surface area contributed by atoms with Gasteiger partial charge < -0.3 is 15.4 Å². The van der Waals surface area contributed by atoms with Crippen molar-refractivity contribution < 1.29 is 14.3 Å². The van der Waals surface area contributed by atoms with E-state index < -0.39 is 0 Å². The van der Waals surface area contributed by atoms with Crippen LogP contribution in [0.4, 0.5) is 11.4 Å². The van der Waals surface area contributed by atoms with Gasteiger partial charge in [0, 0.05) is 30.4 Å². The number of benzene rings is 1. The van der Waals surface area contributed by atoms with Gasteiger partial charge in [0.15, 0.2) is 0 Å². The van der Waals surface area contributed by atoms with Gasteiger partial charge in [-0.3, -0.25) is 4.79 Å². The molecule has 2 N–H and O–H groups in total. The molecule has 0 fully saturated rings. The second-order valence-corrected chi connectivity index (χ2v) is 4.22. The Morgan fingerprint density at radius 3 is 2.60 bits per heavy atom. The molecule has 0 aromatic heterocycles. The van der Waals surface area contributed by atoms with E-state index in [0.29, 0.717) is 18.5 Å². The molecule has 1 rings (SSSR count). The largest absolute Gasteiger partial charge is 0.466 e. The molecule has 0 saturated heterocycles. The lowest BCUT2D eigenvalue weighted by Gasteiger charge is -2.08. The fourth-order valence-corrected chi connectivity index (χ4v) is 1.71. The molecule has 0 atom stereocenters. The van der Waals surface area contributed by atoms with Crippen molar-refractivity contribution in [1.82, 2.24) is 0 Å². The van der Waals surface area contributed by atoms with E-state index in [1.807, 2.05) is 31.2 Å². The third kappa shape index (κ3) is 5.14. The summed E-state index contributed by atoms with van der Waals surface area (Å²) in [6, 6.07) is 7.38. The van der Waals surface area contributed by atoms with Crippen molar-refractivity contribution in [2.75, 3.05) is 24.3 Å². The molecule has 0 unspecified atom stereocenters. The summed E-state index contributed by atoms with van der Waals surface area (Å²) in [5, 5.41) is 5.88. The highest BCUT2D eigenvalue weighted by Crippen LogP contribution is 2.15. The number of nitrogens with one attached hydrogen (secondary N) is 2. The number of ether oxygens (including phenoxy) is 1. The van der Waals surface area contributed by atoms with Crippen LogP contribution in [0.2, 0.25) is 0 Å². The molecule has 0 bridgehead atoms. The van der Waals surface area contributed by atoms with Crippen LogP contribution in [0.1, 0.15) is 20.3 Å². The molecular formula is C15H20N2O3.